The third-order valence-corrected chi connectivity index (χ3v) is 17.1. The Morgan fingerprint density at radius 3 is 2.26 bits per heavy atom. The topological polar surface area (TPSA) is 220 Å². The molecule has 416 valence electrons. The van der Waals surface area contributed by atoms with Crippen molar-refractivity contribution >= 4 is 36.6 Å². The molecule has 4 bridgehead atoms. The van der Waals surface area contributed by atoms with E-state index in [0.717, 1.165) is 5.57 Å². The highest BCUT2D eigenvalue weighted by atomic mass is 31.2. The molecule has 5 heterocycles. The van der Waals surface area contributed by atoms with Crippen LogP contribution in [0.5, 0.6) is 0 Å². The van der Waals surface area contributed by atoms with Crippen molar-refractivity contribution in [1.29, 1.82) is 0 Å². The number of amides is 1. The van der Waals surface area contributed by atoms with E-state index in [1.807, 2.05) is 51.2 Å². The second-order valence-electron chi connectivity index (χ2n) is 22.5. The van der Waals surface area contributed by atoms with Gasteiger partial charge in [0.15, 0.2) is 13.2 Å². The number of carbonyl (C=O) groups excluding carboxylic acids is 5. The lowest BCUT2D eigenvalue weighted by atomic mass is 9.68. The number of ether oxygens (including phenoxy) is 7. The molecule has 6 aliphatic rings. The highest BCUT2D eigenvalue weighted by molar-refractivity contribution is 7.57. The lowest BCUT2D eigenvalue weighted by Gasteiger charge is -2.50. The van der Waals surface area contributed by atoms with Crippen LogP contribution in [0.25, 0.3) is 0 Å². The minimum absolute atomic E-state index is 0.00726. The molecule has 5 aliphatic heterocycles. The highest BCUT2D eigenvalue weighted by Crippen LogP contribution is 2.48. The number of fused-ring (bicyclic) bond motifs is 4. The van der Waals surface area contributed by atoms with Gasteiger partial charge in [-0.15, -0.1) is 0 Å². The van der Waals surface area contributed by atoms with Crippen LogP contribution in [-0.2, 0) is 66.2 Å². The molecule has 17 nitrogen and oxygen atoms in total. The number of ketones is 3. The van der Waals surface area contributed by atoms with Gasteiger partial charge in [0.05, 0.1) is 50.8 Å². The van der Waals surface area contributed by atoms with E-state index >= 15 is 0 Å². The maximum absolute atomic E-state index is 14.7. The summed E-state index contributed by atoms with van der Waals surface area (Å²) in [5.74, 6) is -8.83. The summed E-state index contributed by atoms with van der Waals surface area (Å²) in [7, 11) is 0.137. The Kier molecular flexibility index (Phi) is 21.8. The lowest BCUT2D eigenvalue weighted by Crippen LogP contribution is -2.65. The summed E-state index contributed by atoms with van der Waals surface area (Å²) in [5.41, 5.74) is 1.24. The summed E-state index contributed by atoms with van der Waals surface area (Å²) < 4.78 is 60.3. The number of hydrogen-bond acceptors (Lipinski definition) is 16. The van der Waals surface area contributed by atoms with Gasteiger partial charge in [0.1, 0.15) is 36.2 Å². The number of methoxy groups -OCH3 is 2. The van der Waals surface area contributed by atoms with E-state index in [1.165, 1.54) is 12.0 Å². The molecule has 0 aromatic rings. The predicted octanol–water partition coefficient (Wildman–Crippen LogP) is 6.75. The van der Waals surface area contributed by atoms with E-state index in [0.29, 0.717) is 83.2 Å². The van der Waals surface area contributed by atoms with Gasteiger partial charge < -0.3 is 52.8 Å². The van der Waals surface area contributed by atoms with Gasteiger partial charge >= 0.3 is 5.97 Å². The largest absolute Gasteiger partial charge is 0.460 e. The van der Waals surface area contributed by atoms with Crippen LogP contribution in [0.3, 0.4) is 0 Å². The van der Waals surface area contributed by atoms with Crippen molar-refractivity contribution in [1.82, 2.24) is 4.90 Å². The van der Waals surface area contributed by atoms with Crippen LogP contribution in [0.2, 0.25) is 0 Å². The number of esters is 1. The smallest absolute Gasteiger partial charge is 0.329 e. The molecule has 1 aliphatic carbocycles. The zero-order valence-corrected chi connectivity index (χ0v) is 46.4. The molecule has 0 radical (unpaired) electrons. The number of aliphatic hydroxyl groups excluding tert-OH is 1. The standard InChI is InChI=1S/C56H86NO16P/c1-33-15-12-11-13-16-34(2)46(70-24-23-69-41-31-68-32-41)29-40-20-18-38(6)56(64,72-40)53(61)54(62)57-22-14-17-42-43(27-39-19-21-45(48(28-39)66-7)73-74(9,10)65)47(71-55(63)49(42)57)30-44(58)35(3)26-37(5)51(60)52(67-8)50(59)36(4)25-33/h11-13,15-16,26,33,35-36,38-43,45-49,51-52,60,64H,14,17-25,27-32H2,1-10H3/b13-11+,15-12+,34-16+,37-26+/t33-,35-,36-,38-,39+,40+,42-,43?,45-,46-,47+,48-,49?,51-,52+,56-/m1/s1. The Balaban J connectivity index is 1.33. The van der Waals surface area contributed by atoms with Crippen LogP contribution >= 0.6 is 7.37 Å². The molecule has 0 aromatic heterocycles. The van der Waals surface area contributed by atoms with Crippen LogP contribution < -0.4 is 0 Å². The summed E-state index contributed by atoms with van der Waals surface area (Å²) in [5, 5.41) is 23.8. The van der Waals surface area contributed by atoms with Crippen LogP contribution in [0.1, 0.15) is 112 Å². The van der Waals surface area contributed by atoms with Crippen LogP contribution in [0, 0.1) is 41.4 Å². The number of rotatable bonds is 11. The molecule has 74 heavy (non-hydrogen) atoms. The molecule has 1 saturated carbocycles. The molecule has 2 unspecified atom stereocenters. The van der Waals surface area contributed by atoms with E-state index in [-0.39, 0.29) is 67.7 Å². The van der Waals surface area contributed by atoms with Gasteiger partial charge in [-0.05, 0) is 101 Å². The SMILES string of the molecule is CO[C@@H]1C[C@H](CC2[C@H]3CCCN4C(=O)C(=O)[C@]5(O)O[C@@H](CC[C@H]5C)C[C@@H](OCCOC5COC5)/C(C)=C/C=C/C=C/[C@@H](C)C[C@@H](C)C(=O)[C@H](OC)[C@H](O)/C(C)=C/[C@@H](C)C(=O)C[C@@H]2OC(=O)C34)CC[C@H]1OP(C)(C)=O. The van der Waals surface area contributed by atoms with Gasteiger partial charge in [0.25, 0.3) is 11.7 Å². The monoisotopic (exact) mass is 1060 g/mol. The normalized spacial score (nSPS) is 40.4. The first-order valence-corrected chi connectivity index (χ1v) is 29.6. The zero-order valence-electron chi connectivity index (χ0n) is 45.5. The number of carbonyl (C=O) groups is 5. The van der Waals surface area contributed by atoms with Crippen LogP contribution in [0.4, 0.5) is 0 Å². The summed E-state index contributed by atoms with van der Waals surface area (Å²) in [4.78, 5) is 73.2. The molecular weight excluding hydrogens is 974 g/mol. The minimum atomic E-state index is -2.84. The maximum Gasteiger partial charge on any atom is 0.329 e. The van der Waals surface area contributed by atoms with Crippen LogP contribution in [0.15, 0.2) is 47.6 Å². The summed E-state index contributed by atoms with van der Waals surface area (Å²) >= 11 is 0. The Hall–Kier alpha value is -3.22. The quantitative estimate of drug-likeness (QED) is 0.0719. The fraction of sp³-hybridized carbons (Fsp3) is 0.768. The number of hydrogen-bond donors (Lipinski definition) is 2. The first-order chi connectivity index (χ1) is 35.0. The van der Waals surface area contributed by atoms with Crippen molar-refractivity contribution in [2.75, 3.05) is 60.5 Å². The van der Waals surface area contributed by atoms with Gasteiger partial charge in [-0.2, -0.15) is 0 Å². The molecule has 5 fully saturated rings. The molecule has 0 spiro atoms. The third-order valence-electron chi connectivity index (χ3n) is 16.4. The third kappa shape index (κ3) is 15.3. The summed E-state index contributed by atoms with van der Waals surface area (Å²) in [6, 6.07) is -1.17. The first-order valence-electron chi connectivity index (χ1n) is 27.0. The number of Topliss-reactive ketones (excluding diaryl/α,β-unsaturated/α-hetero) is 3. The van der Waals surface area contributed by atoms with E-state index in [9.17, 15) is 38.8 Å². The number of aliphatic hydroxyl groups is 2. The van der Waals surface area contributed by atoms with Crippen molar-refractivity contribution in [3.05, 3.63) is 47.6 Å². The minimum Gasteiger partial charge on any atom is -0.460 e. The summed E-state index contributed by atoms with van der Waals surface area (Å²) in [6.07, 6.45) is 10.6. The molecule has 6 rings (SSSR count). The molecule has 1 amide bonds. The Bertz CT molecular complexity index is 2130. The molecule has 16 atom stereocenters. The van der Waals surface area contributed by atoms with Gasteiger partial charge in [-0.1, -0.05) is 64.2 Å². The second-order valence-corrected chi connectivity index (χ2v) is 25.2. The van der Waals surface area contributed by atoms with Gasteiger partial charge in [0, 0.05) is 70.6 Å². The Morgan fingerprint density at radius 1 is 0.851 bits per heavy atom. The van der Waals surface area contributed by atoms with Crippen molar-refractivity contribution in [2.24, 2.45) is 41.4 Å². The molecular formula is C56H86NO16P. The van der Waals surface area contributed by atoms with E-state index in [4.69, 9.17) is 37.7 Å². The van der Waals surface area contributed by atoms with Crippen molar-refractivity contribution in [3.63, 3.8) is 0 Å². The molecule has 2 N–H and O–H groups in total. The number of nitrogens with zero attached hydrogens (tertiary/aromatic N) is 1. The average Bonchev–Trinajstić information content (AvgIpc) is 3.33. The lowest BCUT2D eigenvalue weighted by molar-refractivity contribution is -0.266. The Morgan fingerprint density at radius 2 is 1.58 bits per heavy atom. The highest BCUT2D eigenvalue weighted by Gasteiger charge is 2.57. The first kappa shape index (κ1) is 60.0. The predicted molar refractivity (Wildman–Crippen MR) is 276 cm³/mol. The van der Waals surface area contributed by atoms with Gasteiger partial charge in [-0.3, -0.25) is 23.7 Å². The molecule has 18 heteroatoms. The fourth-order valence-corrected chi connectivity index (χ4v) is 12.9. The van der Waals surface area contributed by atoms with Crippen molar-refractivity contribution in [3.8, 4) is 0 Å². The second kappa shape index (κ2) is 26.9. The number of allylic oxidation sites excluding steroid dienone is 6. The van der Waals surface area contributed by atoms with E-state index in [2.05, 4.69) is 0 Å². The zero-order chi connectivity index (χ0) is 54.1. The van der Waals surface area contributed by atoms with Crippen LogP contribution in [-0.4, -0.2) is 166 Å². The number of piperidine rings is 1. The van der Waals surface area contributed by atoms with Crippen molar-refractivity contribution in [2.45, 2.75) is 173 Å². The molecule has 0 aromatic carbocycles. The maximum atomic E-state index is 14.7. The van der Waals surface area contributed by atoms with E-state index in [1.54, 1.807) is 47.3 Å². The Labute approximate surface area is 438 Å². The van der Waals surface area contributed by atoms with Gasteiger partial charge in [-0.25, -0.2) is 4.79 Å². The molecule has 4 saturated heterocycles. The fourth-order valence-electron chi connectivity index (χ4n) is 12.0. The summed E-state index contributed by atoms with van der Waals surface area (Å²) in [6.45, 7) is 15.7. The van der Waals surface area contributed by atoms with E-state index < -0.39 is 97.0 Å². The average molecular weight is 1060 g/mol. The van der Waals surface area contributed by atoms with Gasteiger partial charge in [0.2, 0.25) is 5.79 Å². The van der Waals surface area contributed by atoms with Crippen molar-refractivity contribution < 1.29 is 76.4 Å².